The van der Waals surface area contributed by atoms with E-state index in [0.717, 1.165) is 38.5 Å². The molecule has 2 N–H and O–H groups in total. The summed E-state index contributed by atoms with van der Waals surface area (Å²) in [4.78, 5) is 10.2. The number of rotatable bonds is 9. The number of hydrogen-bond acceptors (Lipinski definition) is 2. The third kappa shape index (κ3) is 13.2. The first-order chi connectivity index (χ1) is 7.13. The van der Waals surface area contributed by atoms with E-state index in [2.05, 4.69) is 0 Å². The quantitative estimate of drug-likeness (QED) is 0.458. The van der Waals surface area contributed by atoms with Gasteiger partial charge in [-0.3, -0.25) is 4.79 Å². The number of carboxylic acid groups (broad SMARTS) is 1. The summed E-state index contributed by atoms with van der Waals surface area (Å²) in [7, 11) is 0. The number of unbranched alkanes of at least 4 members (excludes halogenated alkanes) is 5. The molecule has 3 heteroatoms. The number of carbonyl (C=O) groups is 1. The average molecular weight is 214 g/mol. The summed E-state index contributed by atoms with van der Waals surface area (Å²) in [5.74, 6) is -0.699. The van der Waals surface area contributed by atoms with Gasteiger partial charge in [-0.25, -0.2) is 0 Å². The van der Waals surface area contributed by atoms with Crippen molar-refractivity contribution >= 4 is 5.97 Å². The van der Waals surface area contributed by atoms with Crippen molar-refractivity contribution in [3.8, 4) is 0 Å². The fourth-order valence-electron chi connectivity index (χ4n) is 1.36. The molecule has 88 valence electrons. The minimum Gasteiger partial charge on any atom is -0.481 e. The molecule has 0 aliphatic rings. The molecule has 0 saturated carbocycles. The molecule has 0 fully saturated rings. The Labute approximate surface area is 91.8 Å². The number of aliphatic carboxylic acids is 1. The summed E-state index contributed by atoms with van der Waals surface area (Å²) in [6.45, 7) is 1.74. The largest absolute Gasteiger partial charge is 0.481 e. The lowest BCUT2D eigenvalue weighted by molar-refractivity contribution is -0.137. The normalized spacial score (nSPS) is 13.2. The van der Waals surface area contributed by atoms with Crippen LogP contribution in [-0.4, -0.2) is 22.3 Å². The molecule has 0 aliphatic carbocycles. The number of hydrogen-bond donors (Lipinski definition) is 2. The van der Waals surface area contributed by atoms with Gasteiger partial charge in [-0.05, 0) is 26.2 Å². The van der Waals surface area contributed by atoms with Crippen molar-refractivity contribution in [3.05, 3.63) is 12.2 Å². The van der Waals surface area contributed by atoms with E-state index in [1.807, 2.05) is 6.08 Å². The molecule has 0 aliphatic heterocycles. The van der Waals surface area contributed by atoms with Gasteiger partial charge < -0.3 is 10.2 Å². The highest BCUT2D eigenvalue weighted by Crippen LogP contribution is 2.07. The average Bonchev–Trinajstić information content (AvgIpc) is 2.14. The Bertz CT molecular complexity index is 185. The van der Waals surface area contributed by atoms with E-state index >= 15 is 0 Å². The van der Waals surface area contributed by atoms with E-state index in [1.54, 1.807) is 13.0 Å². The molecule has 0 radical (unpaired) electrons. The van der Waals surface area contributed by atoms with Crippen molar-refractivity contribution in [1.82, 2.24) is 0 Å². The van der Waals surface area contributed by atoms with Gasteiger partial charge in [-0.15, -0.1) is 0 Å². The Morgan fingerprint density at radius 1 is 1.20 bits per heavy atom. The van der Waals surface area contributed by atoms with Crippen molar-refractivity contribution < 1.29 is 15.0 Å². The van der Waals surface area contributed by atoms with Gasteiger partial charge >= 0.3 is 5.97 Å². The van der Waals surface area contributed by atoms with E-state index in [-0.39, 0.29) is 6.10 Å². The lowest BCUT2D eigenvalue weighted by Gasteiger charge is -1.98. The molecular weight excluding hydrogens is 192 g/mol. The monoisotopic (exact) mass is 214 g/mol. The molecule has 1 unspecified atom stereocenters. The predicted molar refractivity (Wildman–Crippen MR) is 60.8 cm³/mol. The van der Waals surface area contributed by atoms with Crippen molar-refractivity contribution in [3.63, 3.8) is 0 Å². The van der Waals surface area contributed by atoms with Gasteiger partial charge in [-0.1, -0.05) is 31.4 Å². The van der Waals surface area contributed by atoms with E-state index in [0.29, 0.717) is 6.42 Å². The summed E-state index contributed by atoms with van der Waals surface area (Å²) in [6, 6.07) is 0. The zero-order valence-electron chi connectivity index (χ0n) is 9.48. The topological polar surface area (TPSA) is 57.5 Å². The van der Waals surface area contributed by atoms with Crippen LogP contribution in [0.25, 0.3) is 0 Å². The van der Waals surface area contributed by atoms with Crippen molar-refractivity contribution in [2.75, 3.05) is 0 Å². The number of aliphatic hydroxyl groups excluding tert-OH is 1. The fraction of sp³-hybridized carbons (Fsp3) is 0.750. The molecule has 15 heavy (non-hydrogen) atoms. The highest BCUT2D eigenvalue weighted by molar-refractivity contribution is 5.66. The summed E-state index contributed by atoms with van der Waals surface area (Å²) in [5.41, 5.74) is 0. The maximum Gasteiger partial charge on any atom is 0.303 e. The zero-order chi connectivity index (χ0) is 11.5. The third-order valence-corrected chi connectivity index (χ3v) is 2.18. The molecule has 0 heterocycles. The van der Waals surface area contributed by atoms with Crippen LogP contribution < -0.4 is 0 Å². The fourth-order valence-corrected chi connectivity index (χ4v) is 1.36. The van der Waals surface area contributed by atoms with Gasteiger partial charge in [0.2, 0.25) is 0 Å². The Hall–Kier alpha value is -0.830. The van der Waals surface area contributed by atoms with Gasteiger partial charge in [0.25, 0.3) is 0 Å². The van der Waals surface area contributed by atoms with Crippen LogP contribution in [0.4, 0.5) is 0 Å². The van der Waals surface area contributed by atoms with Crippen LogP contribution in [0.1, 0.15) is 51.9 Å². The third-order valence-electron chi connectivity index (χ3n) is 2.18. The standard InChI is InChI=1S/C12H22O3/c1-11(13)9-7-5-3-2-4-6-8-10-12(14)15/h7,9,11,13H,2-6,8,10H2,1H3,(H,14,15). The van der Waals surface area contributed by atoms with Crippen LogP contribution in [0.5, 0.6) is 0 Å². The molecule has 0 aromatic rings. The Balaban J connectivity index is 3.08. The van der Waals surface area contributed by atoms with E-state index in [1.165, 1.54) is 0 Å². The lowest BCUT2D eigenvalue weighted by Crippen LogP contribution is -1.93. The van der Waals surface area contributed by atoms with Crippen molar-refractivity contribution in [2.45, 2.75) is 58.0 Å². The van der Waals surface area contributed by atoms with E-state index in [4.69, 9.17) is 10.2 Å². The maximum atomic E-state index is 10.2. The molecule has 0 amide bonds. The molecule has 0 spiro atoms. The molecule has 0 saturated heterocycles. The van der Waals surface area contributed by atoms with Crippen LogP contribution in [-0.2, 0) is 4.79 Å². The summed E-state index contributed by atoms with van der Waals surface area (Å²) < 4.78 is 0. The van der Waals surface area contributed by atoms with Crippen LogP contribution in [0.3, 0.4) is 0 Å². The summed E-state index contributed by atoms with van der Waals surface area (Å²) >= 11 is 0. The number of aliphatic hydroxyl groups is 1. The molecule has 0 bridgehead atoms. The first kappa shape index (κ1) is 14.2. The molecule has 0 aromatic carbocycles. The Kier molecular flexibility index (Phi) is 9.18. The molecule has 3 nitrogen and oxygen atoms in total. The van der Waals surface area contributed by atoms with E-state index in [9.17, 15) is 4.79 Å². The van der Waals surface area contributed by atoms with Gasteiger partial charge in [0.05, 0.1) is 6.10 Å². The number of allylic oxidation sites excluding steroid dienone is 1. The zero-order valence-corrected chi connectivity index (χ0v) is 9.48. The second-order valence-corrected chi connectivity index (χ2v) is 3.87. The molecular formula is C12H22O3. The predicted octanol–water partition coefficient (Wildman–Crippen LogP) is 2.74. The summed E-state index contributed by atoms with van der Waals surface area (Å²) in [6.07, 6.45) is 9.92. The first-order valence-corrected chi connectivity index (χ1v) is 5.69. The van der Waals surface area contributed by atoms with Gasteiger partial charge in [0.1, 0.15) is 0 Å². The maximum absolute atomic E-state index is 10.2. The van der Waals surface area contributed by atoms with Crippen molar-refractivity contribution in [1.29, 1.82) is 0 Å². The van der Waals surface area contributed by atoms with Crippen LogP contribution >= 0.6 is 0 Å². The molecule has 0 aromatic heterocycles. The van der Waals surface area contributed by atoms with Gasteiger partial charge in [0, 0.05) is 6.42 Å². The lowest BCUT2D eigenvalue weighted by atomic mass is 10.1. The minimum absolute atomic E-state index is 0.294. The number of carboxylic acids is 1. The second kappa shape index (κ2) is 9.71. The van der Waals surface area contributed by atoms with Crippen LogP contribution in [0.2, 0.25) is 0 Å². The highest BCUT2D eigenvalue weighted by Gasteiger charge is 1.95. The Morgan fingerprint density at radius 2 is 1.80 bits per heavy atom. The van der Waals surface area contributed by atoms with E-state index < -0.39 is 5.97 Å². The smallest absolute Gasteiger partial charge is 0.303 e. The minimum atomic E-state index is -0.699. The first-order valence-electron chi connectivity index (χ1n) is 5.69. The highest BCUT2D eigenvalue weighted by atomic mass is 16.4. The SMILES string of the molecule is CC(O)C=CCCCCCCCC(=O)O. The van der Waals surface area contributed by atoms with Crippen LogP contribution in [0, 0.1) is 0 Å². The molecule has 0 rings (SSSR count). The van der Waals surface area contributed by atoms with Gasteiger partial charge in [0.15, 0.2) is 0 Å². The van der Waals surface area contributed by atoms with Gasteiger partial charge in [-0.2, -0.15) is 0 Å². The molecule has 1 atom stereocenters. The van der Waals surface area contributed by atoms with Crippen molar-refractivity contribution in [2.24, 2.45) is 0 Å². The Morgan fingerprint density at radius 3 is 2.40 bits per heavy atom. The summed E-state index contributed by atoms with van der Waals surface area (Å²) in [5, 5.41) is 17.3. The van der Waals surface area contributed by atoms with Crippen LogP contribution in [0.15, 0.2) is 12.2 Å². The second-order valence-electron chi connectivity index (χ2n) is 3.87.